The van der Waals surface area contributed by atoms with Crippen molar-refractivity contribution in [3.8, 4) is 0 Å². The lowest BCUT2D eigenvalue weighted by atomic mass is 9.79. The first-order chi connectivity index (χ1) is 18.9. The molecule has 2 amide bonds. The van der Waals surface area contributed by atoms with Gasteiger partial charge < -0.3 is 10.6 Å². The zero-order valence-corrected chi connectivity index (χ0v) is 22.4. The van der Waals surface area contributed by atoms with Crippen molar-refractivity contribution in [1.29, 1.82) is 0 Å². The van der Waals surface area contributed by atoms with Gasteiger partial charge in [-0.25, -0.2) is 27.1 Å². The SMILES string of the molecule is CC(C)n1nccc1C(=O)N[C@H](c1cn2ncc(CNC(=O)CC3CC(F)(F)C3)cc2n1)C1CCC(F)(F)CC1. The Labute approximate surface area is 228 Å². The summed E-state index contributed by atoms with van der Waals surface area (Å²) in [7, 11) is 0. The number of imidazole rings is 1. The molecule has 0 aromatic carbocycles. The van der Waals surface area contributed by atoms with Crippen molar-refractivity contribution in [2.45, 2.75) is 89.3 Å². The third-order valence-corrected chi connectivity index (χ3v) is 7.76. The van der Waals surface area contributed by atoms with Crippen LogP contribution >= 0.6 is 0 Å². The van der Waals surface area contributed by atoms with Gasteiger partial charge in [0, 0.05) is 50.9 Å². The topological polar surface area (TPSA) is 106 Å². The molecule has 2 saturated carbocycles. The van der Waals surface area contributed by atoms with E-state index in [-0.39, 0.29) is 81.2 Å². The number of fused-ring (bicyclic) bond motifs is 1. The molecular weight excluding hydrogens is 530 g/mol. The number of nitrogens with one attached hydrogen (secondary N) is 2. The number of hydrogen-bond acceptors (Lipinski definition) is 5. The molecular formula is C27H33F4N7O2. The van der Waals surface area contributed by atoms with Crippen molar-refractivity contribution < 1.29 is 27.2 Å². The van der Waals surface area contributed by atoms with E-state index in [0.717, 1.165) is 0 Å². The number of aromatic nitrogens is 5. The molecule has 0 unspecified atom stereocenters. The second kappa shape index (κ2) is 10.8. The van der Waals surface area contributed by atoms with Crippen LogP contribution < -0.4 is 10.6 Å². The van der Waals surface area contributed by atoms with Gasteiger partial charge in [0.25, 0.3) is 5.91 Å². The number of halogens is 4. The second-order valence-electron chi connectivity index (χ2n) is 11.3. The van der Waals surface area contributed by atoms with Crippen LogP contribution in [0.1, 0.15) is 92.6 Å². The van der Waals surface area contributed by atoms with Crippen molar-refractivity contribution >= 4 is 17.5 Å². The standard InChI is InChI=1S/C27H33F4N7O2/c1-16(2)38-21(5-8-33-38)25(40)36-24(19-3-6-26(28,29)7-4-19)20-15-37-22(35-20)9-18(14-34-37)13-32-23(39)10-17-11-27(30,31)12-17/h5,8-9,14-17,19,24H,3-4,6-7,10-13H2,1-2H3,(H,32,39)(H,36,40)/t24-/m0/s1. The van der Waals surface area contributed by atoms with Crippen LogP contribution in [0.5, 0.6) is 0 Å². The fraction of sp³-hybridized carbons (Fsp3) is 0.593. The number of carbonyl (C=O) groups excluding carboxylic acids is 2. The molecule has 2 aliphatic carbocycles. The van der Waals surface area contributed by atoms with Gasteiger partial charge in [-0.05, 0) is 56.2 Å². The molecule has 2 fully saturated rings. The monoisotopic (exact) mass is 563 g/mol. The van der Waals surface area contributed by atoms with Crippen LogP contribution in [0, 0.1) is 11.8 Å². The Bertz CT molecular complexity index is 1370. The summed E-state index contributed by atoms with van der Waals surface area (Å²) in [6, 6.07) is 2.68. The molecule has 3 aromatic rings. The van der Waals surface area contributed by atoms with Crippen molar-refractivity contribution in [3.05, 3.63) is 47.7 Å². The molecule has 40 heavy (non-hydrogen) atoms. The minimum atomic E-state index is -2.72. The zero-order valence-electron chi connectivity index (χ0n) is 22.4. The van der Waals surface area contributed by atoms with Crippen molar-refractivity contribution in [2.24, 2.45) is 11.8 Å². The van der Waals surface area contributed by atoms with Crippen molar-refractivity contribution in [2.75, 3.05) is 0 Å². The van der Waals surface area contributed by atoms with Gasteiger partial charge in [0.05, 0.1) is 24.1 Å². The average molecular weight is 564 g/mol. The molecule has 3 aromatic heterocycles. The first-order valence-corrected chi connectivity index (χ1v) is 13.6. The van der Waals surface area contributed by atoms with Gasteiger partial charge in [0.1, 0.15) is 5.69 Å². The van der Waals surface area contributed by atoms with E-state index in [1.807, 2.05) is 13.8 Å². The lowest BCUT2D eigenvalue weighted by Gasteiger charge is -2.34. The number of hydrogen-bond donors (Lipinski definition) is 2. The maximum Gasteiger partial charge on any atom is 0.270 e. The van der Waals surface area contributed by atoms with Crippen molar-refractivity contribution in [3.63, 3.8) is 0 Å². The smallest absolute Gasteiger partial charge is 0.270 e. The van der Waals surface area contributed by atoms with E-state index < -0.39 is 17.9 Å². The van der Waals surface area contributed by atoms with E-state index in [1.54, 1.807) is 35.4 Å². The highest BCUT2D eigenvalue weighted by atomic mass is 19.3. The van der Waals surface area contributed by atoms with Crippen LogP contribution in [-0.2, 0) is 11.3 Å². The number of nitrogens with zero attached hydrogens (tertiary/aromatic N) is 5. The van der Waals surface area contributed by atoms with Crippen LogP contribution in [0.15, 0.2) is 30.7 Å². The molecule has 0 radical (unpaired) electrons. The molecule has 2 N–H and O–H groups in total. The Morgan fingerprint density at radius 2 is 1.82 bits per heavy atom. The van der Waals surface area contributed by atoms with Crippen LogP contribution in [0.4, 0.5) is 17.6 Å². The number of amides is 2. The molecule has 0 spiro atoms. The van der Waals surface area contributed by atoms with E-state index in [9.17, 15) is 27.2 Å². The normalized spacial score (nSPS) is 19.9. The van der Waals surface area contributed by atoms with Crippen LogP contribution in [-0.4, -0.2) is 48.0 Å². The van der Waals surface area contributed by atoms with E-state index >= 15 is 0 Å². The summed E-state index contributed by atoms with van der Waals surface area (Å²) in [6.07, 6.45) is 4.24. The highest BCUT2D eigenvalue weighted by molar-refractivity contribution is 5.92. The molecule has 13 heteroatoms. The first kappa shape index (κ1) is 28.0. The van der Waals surface area contributed by atoms with Gasteiger partial charge >= 0.3 is 0 Å². The fourth-order valence-corrected chi connectivity index (χ4v) is 5.59. The summed E-state index contributed by atoms with van der Waals surface area (Å²) in [5, 5.41) is 14.3. The largest absolute Gasteiger partial charge is 0.352 e. The molecule has 1 atom stereocenters. The molecule has 0 aliphatic heterocycles. The summed E-state index contributed by atoms with van der Waals surface area (Å²) >= 11 is 0. The molecule has 5 rings (SSSR count). The maximum atomic E-state index is 13.9. The Kier molecular flexibility index (Phi) is 7.58. The molecule has 216 valence electrons. The summed E-state index contributed by atoms with van der Waals surface area (Å²) in [6.45, 7) is 3.97. The zero-order chi connectivity index (χ0) is 28.7. The summed E-state index contributed by atoms with van der Waals surface area (Å²) in [5.74, 6) is -6.61. The molecule has 0 bridgehead atoms. The molecule has 9 nitrogen and oxygen atoms in total. The first-order valence-electron chi connectivity index (χ1n) is 13.6. The lowest BCUT2D eigenvalue weighted by molar-refractivity contribution is -0.133. The van der Waals surface area contributed by atoms with Gasteiger partial charge in [0.2, 0.25) is 17.8 Å². The highest BCUT2D eigenvalue weighted by Gasteiger charge is 2.45. The Balaban J connectivity index is 1.31. The number of carbonyl (C=O) groups is 2. The third kappa shape index (κ3) is 6.28. The van der Waals surface area contributed by atoms with E-state index in [1.165, 1.54) is 4.52 Å². The third-order valence-electron chi connectivity index (χ3n) is 7.76. The minimum absolute atomic E-state index is 0.0458. The number of alkyl halides is 4. The van der Waals surface area contributed by atoms with Crippen molar-refractivity contribution in [1.82, 2.24) is 35.0 Å². The Morgan fingerprint density at radius 3 is 2.50 bits per heavy atom. The fourth-order valence-electron chi connectivity index (χ4n) is 5.59. The molecule has 3 heterocycles. The Morgan fingerprint density at radius 1 is 1.10 bits per heavy atom. The maximum absolute atomic E-state index is 13.9. The molecule has 2 aliphatic rings. The average Bonchev–Trinajstić information content (AvgIpc) is 3.52. The van der Waals surface area contributed by atoms with Crippen LogP contribution in [0.3, 0.4) is 0 Å². The van der Waals surface area contributed by atoms with Crippen LogP contribution in [0.25, 0.3) is 5.65 Å². The van der Waals surface area contributed by atoms with Crippen LogP contribution in [0.2, 0.25) is 0 Å². The Hall–Kier alpha value is -3.51. The van der Waals surface area contributed by atoms with E-state index in [2.05, 4.69) is 25.8 Å². The summed E-state index contributed by atoms with van der Waals surface area (Å²) in [5.41, 5.74) is 1.99. The van der Waals surface area contributed by atoms with Gasteiger partial charge in [0.15, 0.2) is 5.65 Å². The highest BCUT2D eigenvalue weighted by Crippen LogP contribution is 2.44. The van der Waals surface area contributed by atoms with E-state index in [4.69, 9.17) is 0 Å². The number of rotatable bonds is 9. The van der Waals surface area contributed by atoms with E-state index in [0.29, 0.717) is 22.6 Å². The molecule has 0 saturated heterocycles. The quantitative estimate of drug-likeness (QED) is 0.362. The van der Waals surface area contributed by atoms with Gasteiger partial charge in [-0.3, -0.25) is 14.3 Å². The summed E-state index contributed by atoms with van der Waals surface area (Å²) in [4.78, 5) is 30.1. The predicted octanol–water partition coefficient (Wildman–Crippen LogP) is 4.85. The lowest BCUT2D eigenvalue weighted by Crippen LogP contribution is -2.38. The van der Waals surface area contributed by atoms with Gasteiger partial charge in [-0.15, -0.1) is 0 Å². The predicted molar refractivity (Wildman–Crippen MR) is 137 cm³/mol. The van der Waals surface area contributed by atoms with Gasteiger partial charge in [-0.2, -0.15) is 10.2 Å². The summed E-state index contributed by atoms with van der Waals surface area (Å²) < 4.78 is 57.1. The minimum Gasteiger partial charge on any atom is -0.352 e. The second-order valence-corrected chi connectivity index (χ2v) is 11.3. The van der Waals surface area contributed by atoms with Gasteiger partial charge in [-0.1, -0.05) is 0 Å².